The Bertz CT molecular complexity index is 875. The molecule has 9 N–H and O–H groups in total. The molecule has 0 aliphatic rings. The average molecular weight is 499 g/mol. The van der Waals surface area contributed by atoms with Gasteiger partial charge in [-0.2, -0.15) is 0 Å². The van der Waals surface area contributed by atoms with Crippen LogP contribution in [0.1, 0.15) is 45.7 Å². The van der Waals surface area contributed by atoms with Gasteiger partial charge in [0.05, 0.1) is 18.5 Å². The Morgan fingerprint density at radius 3 is 2.14 bits per heavy atom. The van der Waals surface area contributed by atoms with Gasteiger partial charge in [-0.3, -0.25) is 19.2 Å². The van der Waals surface area contributed by atoms with Crippen LogP contribution in [0.4, 0.5) is 0 Å². The highest BCUT2D eigenvalue weighted by Crippen LogP contribution is 2.09. The molecule has 1 rings (SSSR count). The Hall–Kier alpha value is -3.52. The van der Waals surface area contributed by atoms with Gasteiger partial charge in [0.2, 0.25) is 17.7 Å². The number of carbonyl (C=O) groups is 5. The van der Waals surface area contributed by atoms with Crippen LogP contribution in [0.2, 0.25) is 0 Å². The van der Waals surface area contributed by atoms with Crippen molar-refractivity contribution in [2.75, 3.05) is 0 Å². The zero-order chi connectivity index (χ0) is 26.7. The Morgan fingerprint density at radius 1 is 1.03 bits per heavy atom. The third-order valence-electron chi connectivity index (χ3n) is 5.45. The van der Waals surface area contributed by atoms with Crippen LogP contribution in [-0.2, 0) is 30.4 Å². The minimum atomic E-state index is -1.56. The fourth-order valence-electron chi connectivity index (χ4n) is 3.13. The van der Waals surface area contributed by atoms with Gasteiger partial charge in [-0.15, -0.1) is 0 Å². The molecule has 6 unspecified atom stereocenters. The number of nitrogens with one attached hydrogen (secondary N) is 4. The van der Waals surface area contributed by atoms with E-state index in [1.54, 1.807) is 13.8 Å². The van der Waals surface area contributed by atoms with Gasteiger partial charge in [0.1, 0.15) is 18.1 Å². The molecule has 0 aromatic carbocycles. The minimum Gasteiger partial charge on any atom is -0.481 e. The summed E-state index contributed by atoms with van der Waals surface area (Å²) in [6.07, 6.45) is 1.17. The number of amides is 3. The van der Waals surface area contributed by atoms with Crippen LogP contribution in [-0.4, -0.2) is 85.2 Å². The molecule has 0 bridgehead atoms. The summed E-state index contributed by atoms with van der Waals surface area (Å²) in [5.41, 5.74) is 6.44. The first-order valence-electron chi connectivity index (χ1n) is 11.1. The molecule has 1 aromatic rings. The highest BCUT2D eigenvalue weighted by Gasteiger charge is 2.34. The van der Waals surface area contributed by atoms with E-state index in [0.29, 0.717) is 12.1 Å². The number of aliphatic carboxylic acids is 2. The quantitative estimate of drug-likeness (QED) is 0.134. The number of imidazole rings is 1. The molecule has 0 saturated heterocycles. The SMILES string of the molecule is CCC(C)C(NC(=O)C(NC(=O)C(CCC(=O)O)NC(=O)C(N)Cc1cnc[nH]1)C(C)O)C(=O)O. The standard InChI is InChI=1S/C21H34N6O8/c1-4-10(2)16(21(34)35)26-20(33)17(11(3)28)27-19(32)14(5-6-15(29)30)25-18(31)13(22)7-12-8-23-9-24-12/h8-11,13-14,16-17,28H,4-7,22H2,1-3H3,(H,23,24)(H,25,31)(H,26,33)(H,27,32)(H,29,30)(H,34,35). The summed E-state index contributed by atoms with van der Waals surface area (Å²) in [4.78, 5) is 67.2. The van der Waals surface area contributed by atoms with E-state index < -0.39 is 72.3 Å². The van der Waals surface area contributed by atoms with Crippen LogP contribution < -0.4 is 21.7 Å². The number of H-pyrrole nitrogens is 1. The maximum Gasteiger partial charge on any atom is 0.326 e. The zero-order valence-electron chi connectivity index (χ0n) is 19.9. The smallest absolute Gasteiger partial charge is 0.326 e. The summed E-state index contributed by atoms with van der Waals surface area (Å²) in [7, 11) is 0. The summed E-state index contributed by atoms with van der Waals surface area (Å²) in [6.45, 7) is 4.58. The molecule has 1 heterocycles. The number of carboxylic acid groups (broad SMARTS) is 2. The molecule has 196 valence electrons. The molecule has 0 fully saturated rings. The van der Waals surface area contributed by atoms with Crippen molar-refractivity contribution in [3.05, 3.63) is 18.2 Å². The van der Waals surface area contributed by atoms with Crippen molar-refractivity contribution in [3.63, 3.8) is 0 Å². The van der Waals surface area contributed by atoms with Gasteiger partial charge in [-0.05, 0) is 19.3 Å². The lowest BCUT2D eigenvalue weighted by atomic mass is 9.98. The van der Waals surface area contributed by atoms with E-state index in [1.807, 2.05) is 0 Å². The topological polar surface area (TPSA) is 237 Å². The molecule has 0 saturated carbocycles. The molecule has 14 nitrogen and oxygen atoms in total. The maximum absolute atomic E-state index is 12.9. The first-order chi connectivity index (χ1) is 16.4. The number of carbonyl (C=O) groups excluding carboxylic acids is 3. The Balaban J connectivity index is 2.96. The predicted octanol–water partition coefficient (Wildman–Crippen LogP) is -1.89. The summed E-state index contributed by atoms with van der Waals surface area (Å²) < 4.78 is 0. The van der Waals surface area contributed by atoms with Crippen molar-refractivity contribution in [2.45, 2.75) is 76.7 Å². The molecule has 6 atom stereocenters. The molecule has 0 spiro atoms. The number of rotatable bonds is 15. The number of carboxylic acids is 2. The predicted molar refractivity (Wildman–Crippen MR) is 122 cm³/mol. The molecule has 0 aliphatic heterocycles. The fraction of sp³-hybridized carbons (Fsp3) is 0.619. The van der Waals surface area contributed by atoms with E-state index in [-0.39, 0.29) is 12.8 Å². The largest absolute Gasteiger partial charge is 0.481 e. The van der Waals surface area contributed by atoms with Gasteiger partial charge in [-0.1, -0.05) is 20.3 Å². The van der Waals surface area contributed by atoms with Gasteiger partial charge < -0.3 is 42.0 Å². The van der Waals surface area contributed by atoms with Crippen molar-refractivity contribution in [1.82, 2.24) is 25.9 Å². The first kappa shape index (κ1) is 29.5. The van der Waals surface area contributed by atoms with Gasteiger partial charge in [0, 0.05) is 24.7 Å². The highest BCUT2D eigenvalue weighted by molar-refractivity contribution is 5.94. The fourth-order valence-corrected chi connectivity index (χ4v) is 3.13. The summed E-state index contributed by atoms with van der Waals surface area (Å²) in [5, 5.41) is 35.4. The second kappa shape index (κ2) is 14.0. The number of aliphatic hydroxyl groups excluding tert-OH is 1. The Morgan fingerprint density at radius 2 is 1.66 bits per heavy atom. The van der Waals surface area contributed by atoms with Crippen LogP contribution in [0.5, 0.6) is 0 Å². The van der Waals surface area contributed by atoms with Crippen LogP contribution in [0.25, 0.3) is 0 Å². The second-order valence-corrected chi connectivity index (χ2v) is 8.32. The first-order valence-corrected chi connectivity index (χ1v) is 11.1. The molecule has 35 heavy (non-hydrogen) atoms. The van der Waals surface area contributed by atoms with E-state index in [0.717, 1.165) is 0 Å². The summed E-state index contributed by atoms with van der Waals surface area (Å²) in [5.74, 6) is -5.56. The van der Waals surface area contributed by atoms with Gasteiger partial charge >= 0.3 is 11.9 Å². The monoisotopic (exact) mass is 498 g/mol. The number of nitrogens with two attached hydrogens (primary N) is 1. The van der Waals surface area contributed by atoms with Crippen LogP contribution in [0.15, 0.2) is 12.5 Å². The minimum absolute atomic E-state index is 0.0734. The van der Waals surface area contributed by atoms with Crippen molar-refractivity contribution >= 4 is 29.7 Å². The van der Waals surface area contributed by atoms with Gasteiger partial charge in [0.25, 0.3) is 0 Å². The number of hydrogen-bond donors (Lipinski definition) is 8. The third kappa shape index (κ3) is 9.70. The molecular formula is C21H34N6O8. The number of hydrogen-bond acceptors (Lipinski definition) is 8. The van der Waals surface area contributed by atoms with Crippen molar-refractivity contribution in [3.8, 4) is 0 Å². The molecule has 0 aliphatic carbocycles. The number of aromatic nitrogens is 2. The van der Waals surface area contributed by atoms with Crippen LogP contribution in [0.3, 0.4) is 0 Å². The lowest BCUT2D eigenvalue weighted by molar-refractivity contribution is -0.144. The molecule has 3 amide bonds. The van der Waals surface area contributed by atoms with E-state index in [9.17, 15) is 34.2 Å². The van der Waals surface area contributed by atoms with E-state index in [4.69, 9.17) is 10.8 Å². The van der Waals surface area contributed by atoms with Crippen molar-refractivity contribution in [1.29, 1.82) is 0 Å². The second-order valence-electron chi connectivity index (χ2n) is 8.32. The highest BCUT2D eigenvalue weighted by atomic mass is 16.4. The third-order valence-corrected chi connectivity index (χ3v) is 5.45. The Kier molecular flexibility index (Phi) is 11.8. The zero-order valence-corrected chi connectivity index (χ0v) is 19.9. The summed E-state index contributed by atoms with van der Waals surface area (Å²) in [6, 6.07) is -5.28. The van der Waals surface area contributed by atoms with Crippen LogP contribution in [0, 0.1) is 5.92 Å². The lowest BCUT2D eigenvalue weighted by Crippen LogP contribution is -2.60. The average Bonchev–Trinajstić information content (AvgIpc) is 3.29. The maximum atomic E-state index is 12.9. The van der Waals surface area contributed by atoms with E-state index in [2.05, 4.69) is 25.9 Å². The number of aliphatic hydroxyl groups is 1. The molecule has 0 radical (unpaired) electrons. The summed E-state index contributed by atoms with van der Waals surface area (Å²) >= 11 is 0. The normalized spacial score (nSPS) is 16.1. The van der Waals surface area contributed by atoms with E-state index >= 15 is 0 Å². The molecule has 1 aromatic heterocycles. The van der Waals surface area contributed by atoms with Crippen molar-refractivity contribution < 1.29 is 39.3 Å². The van der Waals surface area contributed by atoms with Gasteiger partial charge in [0.15, 0.2) is 0 Å². The lowest BCUT2D eigenvalue weighted by Gasteiger charge is -2.27. The number of aromatic amines is 1. The molecular weight excluding hydrogens is 464 g/mol. The van der Waals surface area contributed by atoms with E-state index in [1.165, 1.54) is 19.4 Å². The number of nitrogens with zero attached hydrogens (tertiary/aromatic N) is 1. The Labute approximate surface area is 202 Å². The van der Waals surface area contributed by atoms with Gasteiger partial charge in [-0.25, -0.2) is 9.78 Å². The van der Waals surface area contributed by atoms with Crippen LogP contribution >= 0.6 is 0 Å². The van der Waals surface area contributed by atoms with Crippen molar-refractivity contribution in [2.24, 2.45) is 11.7 Å². The molecule has 14 heteroatoms.